The zero-order chi connectivity index (χ0) is 15.3. The monoisotopic (exact) mass is 288 g/mol. The number of esters is 1. The van der Waals surface area contributed by atoms with Gasteiger partial charge in [0.15, 0.2) is 5.92 Å². The lowest BCUT2D eigenvalue weighted by Crippen LogP contribution is -2.17. The van der Waals surface area contributed by atoms with Crippen molar-refractivity contribution in [1.82, 2.24) is 0 Å². The number of benzene rings is 1. The van der Waals surface area contributed by atoms with E-state index in [9.17, 15) is 4.79 Å². The number of nitrogens with zero attached hydrogens (tertiary/aromatic N) is 2. The third-order valence-corrected chi connectivity index (χ3v) is 2.62. The molecule has 1 aromatic rings. The number of carbonyl (C=O) groups is 1. The molecule has 0 N–H and O–H groups in total. The van der Waals surface area contributed by atoms with Gasteiger partial charge in [0.1, 0.15) is 0 Å². The first-order valence-corrected chi connectivity index (χ1v) is 6.95. The molecule has 0 unspecified atom stereocenters. The Bertz CT molecular complexity index is 480. The maximum atomic E-state index is 11.3. The summed E-state index contributed by atoms with van der Waals surface area (Å²) in [7, 11) is 0. The summed E-state index contributed by atoms with van der Waals surface area (Å²) in [5.74, 6) is -1.47. The third kappa shape index (κ3) is 7.23. The molecule has 0 aliphatic carbocycles. The van der Waals surface area contributed by atoms with Crippen molar-refractivity contribution < 1.29 is 14.3 Å². The summed E-state index contributed by atoms with van der Waals surface area (Å²) >= 11 is 0. The highest BCUT2D eigenvalue weighted by molar-refractivity contribution is 5.92. The van der Waals surface area contributed by atoms with Gasteiger partial charge in [0.2, 0.25) is 0 Å². The number of hydrogen-bond donors (Lipinski definition) is 0. The third-order valence-electron chi connectivity index (χ3n) is 2.62. The van der Waals surface area contributed by atoms with Gasteiger partial charge in [0.05, 0.1) is 19.3 Å². The number of carbonyl (C=O) groups excluding carboxylic acids is 1. The van der Waals surface area contributed by atoms with Crippen LogP contribution in [0, 0.1) is 17.2 Å². The zero-order valence-electron chi connectivity index (χ0n) is 12.2. The smallest absolute Gasteiger partial charge is 0.328 e. The molecule has 0 radical (unpaired) electrons. The van der Waals surface area contributed by atoms with Crippen LogP contribution >= 0.6 is 0 Å². The molecule has 0 spiro atoms. The van der Waals surface area contributed by atoms with E-state index in [1.807, 2.05) is 36.4 Å². The molecule has 5 nitrogen and oxygen atoms in total. The Morgan fingerprint density at radius 3 is 2.86 bits per heavy atom. The first kappa shape index (κ1) is 16.9. The van der Waals surface area contributed by atoms with Crippen LogP contribution in [0.15, 0.2) is 35.3 Å². The lowest BCUT2D eigenvalue weighted by Gasteiger charge is -2.04. The minimum Gasteiger partial charge on any atom is -0.465 e. The fraction of sp³-hybridized carbons (Fsp3) is 0.438. The van der Waals surface area contributed by atoms with Gasteiger partial charge in [0, 0.05) is 19.4 Å². The zero-order valence-corrected chi connectivity index (χ0v) is 12.2. The average Bonchev–Trinajstić information content (AvgIpc) is 2.51. The molecule has 0 amide bonds. The van der Waals surface area contributed by atoms with Gasteiger partial charge < -0.3 is 9.47 Å². The van der Waals surface area contributed by atoms with E-state index >= 15 is 0 Å². The topological polar surface area (TPSA) is 71.7 Å². The van der Waals surface area contributed by atoms with E-state index in [0.29, 0.717) is 19.8 Å². The van der Waals surface area contributed by atoms with E-state index in [-0.39, 0.29) is 6.61 Å². The highest BCUT2D eigenvalue weighted by atomic mass is 16.5. The summed E-state index contributed by atoms with van der Waals surface area (Å²) in [4.78, 5) is 15.4. The van der Waals surface area contributed by atoms with E-state index in [1.54, 1.807) is 6.92 Å². The maximum Gasteiger partial charge on any atom is 0.328 e. The van der Waals surface area contributed by atoms with Crippen molar-refractivity contribution in [1.29, 1.82) is 5.26 Å². The Morgan fingerprint density at radius 2 is 2.19 bits per heavy atom. The number of rotatable bonds is 9. The van der Waals surface area contributed by atoms with Crippen molar-refractivity contribution in [2.75, 3.05) is 19.8 Å². The van der Waals surface area contributed by atoms with Crippen LogP contribution in [0.25, 0.3) is 0 Å². The standard InChI is InChI=1S/C16H20N2O3/c1-2-21-16(19)15(11-17)12-18-9-6-10-20-13-14-7-4-3-5-8-14/h3-5,7-8,12,15H,2,6,9-10,13H2,1H3/t15-/m0/s1. The Labute approximate surface area is 125 Å². The van der Waals surface area contributed by atoms with Crippen molar-refractivity contribution in [2.24, 2.45) is 10.9 Å². The molecular weight excluding hydrogens is 268 g/mol. The molecule has 0 bridgehead atoms. The van der Waals surface area contributed by atoms with E-state index in [0.717, 1.165) is 12.0 Å². The minimum absolute atomic E-state index is 0.262. The van der Waals surface area contributed by atoms with Crippen molar-refractivity contribution in [2.45, 2.75) is 20.0 Å². The van der Waals surface area contributed by atoms with Crippen LogP contribution in [0.1, 0.15) is 18.9 Å². The quantitative estimate of drug-likeness (QED) is 0.397. The summed E-state index contributed by atoms with van der Waals surface area (Å²) < 4.78 is 10.3. The van der Waals surface area contributed by atoms with Gasteiger partial charge in [-0.1, -0.05) is 30.3 Å². The van der Waals surface area contributed by atoms with E-state index < -0.39 is 11.9 Å². The fourth-order valence-corrected chi connectivity index (χ4v) is 1.58. The second-order valence-electron chi connectivity index (χ2n) is 4.31. The van der Waals surface area contributed by atoms with E-state index in [2.05, 4.69) is 4.99 Å². The molecular formula is C16H20N2O3. The second-order valence-corrected chi connectivity index (χ2v) is 4.31. The molecule has 1 rings (SSSR count). The predicted molar refractivity (Wildman–Crippen MR) is 79.8 cm³/mol. The van der Waals surface area contributed by atoms with Gasteiger partial charge >= 0.3 is 5.97 Å². The Balaban J connectivity index is 2.14. The SMILES string of the molecule is CCOC(=O)[C@@H](C#N)C=NCCCOCc1ccccc1. The van der Waals surface area contributed by atoms with Crippen molar-refractivity contribution >= 4 is 12.2 Å². The summed E-state index contributed by atoms with van der Waals surface area (Å²) in [5, 5.41) is 8.82. The van der Waals surface area contributed by atoms with E-state index in [1.165, 1.54) is 6.21 Å². The van der Waals surface area contributed by atoms with Gasteiger partial charge in [0.25, 0.3) is 0 Å². The van der Waals surface area contributed by atoms with Gasteiger partial charge in [-0.15, -0.1) is 0 Å². The Hall–Kier alpha value is -2.19. The molecule has 0 aliphatic rings. The molecule has 112 valence electrons. The Kier molecular flexibility index (Phi) is 8.50. The van der Waals surface area contributed by atoms with Crippen molar-refractivity contribution in [3.05, 3.63) is 35.9 Å². The summed E-state index contributed by atoms with van der Waals surface area (Å²) in [6, 6.07) is 11.8. The minimum atomic E-state index is -0.921. The molecule has 0 saturated heterocycles. The van der Waals surface area contributed by atoms with Gasteiger partial charge in [-0.3, -0.25) is 9.79 Å². The molecule has 0 saturated carbocycles. The van der Waals surface area contributed by atoms with Crippen LogP contribution in [0.5, 0.6) is 0 Å². The van der Waals surface area contributed by atoms with Crippen LogP contribution in [-0.2, 0) is 20.9 Å². The number of hydrogen-bond acceptors (Lipinski definition) is 5. The van der Waals surface area contributed by atoms with Crippen LogP contribution in [-0.4, -0.2) is 31.9 Å². The van der Waals surface area contributed by atoms with Gasteiger partial charge in [-0.2, -0.15) is 5.26 Å². The van der Waals surface area contributed by atoms with Gasteiger partial charge in [-0.25, -0.2) is 0 Å². The van der Waals surface area contributed by atoms with Crippen LogP contribution in [0.2, 0.25) is 0 Å². The molecule has 0 aliphatic heterocycles. The largest absolute Gasteiger partial charge is 0.465 e. The van der Waals surface area contributed by atoms with Crippen LogP contribution in [0.4, 0.5) is 0 Å². The molecule has 21 heavy (non-hydrogen) atoms. The van der Waals surface area contributed by atoms with Crippen molar-refractivity contribution in [3.8, 4) is 6.07 Å². The normalized spacial score (nSPS) is 12.0. The lowest BCUT2D eigenvalue weighted by molar-refractivity contribution is -0.143. The molecule has 1 atom stereocenters. The molecule has 5 heteroatoms. The van der Waals surface area contributed by atoms with Crippen molar-refractivity contribution in [3.63, 3.8) is 0 Å². The van der Waals surface area contributed by atoms with Crippen LogP contribution in [0.3, 0.4) is 0 Å². The molecule has 0 aromatic heterocycles. The summed E-state index contributed by atoms with van der Waals surface area (Å²) in [6.07, 6.45) is 2.08. The van der Waals surface area contributed by atoms with Gasteiger partial charge in [-0.05, 0) is 18.9 Å². The summed E-state index contributed by atoms with van der Waals surface area (Å²) in [6.45, 7) is 3.65. The fourth-order valence-electron chi connectivity index (χ4n) is 1.58. The first-order chi connectivity index (χ1) is 10.3. The maximum absolute atomic E-state index is 11.3. The average molecular weight is 288 g/mol. The number of nitriles is 1. The highest BCUT2D eigenvalue weighted by Gasteiger charge is 2.15. The Morgan fingerprint density at radius 1 is 1.43 bits per heavy atom. The lowest BCUT2D eigenvalue weighted by atomic mass is 10.2. The van der Waals surface area contributed by atoms with E-state index in [4.69, 9.17) is 14.7 Å². The predicted octanol–water partition coefficient (Wildman–Crippen LogP) is 2.37. The first-order valence-electron chi connectivity index (χ1n) is 6.95. The second kappa shape index (κ2) is 10.6. The number of ether oxygens (including phenoxy) is 2. The molecule has 1 aromatic carbocycles. The number of aliphatic imine (C=N–C) groups is 1. The molecule has 0 fully saturated rings. The van der Waals surface area contributed by atoms with Crippen LogP contribution < -0.4 is 0 Å². The molecule has 0 heterocycles. The highest BCUT2D eigenvalue weighted by Crippen LogP contribution is 2.01. The summed E-state index contributed by atoms with van der Waals surface area (Å²) in [5.41, 5.74) is 1.13.